The minimum absolute atomic E-state index is 0.0840. The predicted octanol–water partition coefficient (Wildman–Crippen LogP) is 1.81. The Bertz CT molecular complexity index is 278. The molecular formula is C13H25NO4. The summed E-state index contributed by atoms with van der Waals surface area (Å²) in [7, 11) is 0. The first-order valence-corrected chi connectivity index (χ1v) is 6.46. The zero-order chi connectivity index (χ0) is 14.2. The van der Waals surface area contributed by atoms with Crippen LogP contribution in [-0.4, -0.2) is 35.7 Å². The van der Waals surface area contributed by atoms with Crippen molar-refractivity contribution in [2.45, 2.75) is 52.5 Å². The number of carboxylic acids is 1. The molecule has 5 nitrogen and oxygen atoms in total. The Morgan fingerprint density at radius 2 is 1.94 bits per heavy atom. The Hall–Kier alpha value is -1.10. The maximum atomic E-state index is 11.6. The summed E-state index contributed by atoms with van der Waals surface area (Å²) in [5, 5.41) is 11.7. The number of nitrogens with one attached hydrogen (secondary N) is 1. The average molecular weight is 259 g/mol. The number of rotatable bonds is 9. The first kappa shape index (κ1) is 16.9. The maximum absolute atomic E-state index is 11.6. The first-order valence-electron chi connectivity index (χ1n) is 6.46. The van der Waals surface area contributed by atoms with Crippen LogP contribution >= 0.6 is 0 Å². The highest BCUT2D eigenvalue weighted by molar-refractivity contribution is 5.87. The number of amides is 1. The van der Waals surface area contributed by atoms with Crippen LogP contribution < -0.4 is 5.32 Å². The Balaban J connectivity index is 4.09. The van der Waals surface area contributed by atoms with E-state index in [1.54, 1.807) is 13.8 Å². The van der Waals surface area contributed by atoms with Crippen LogP contribution in [-0.2, 0) is 14.3 Å². The summed E-state index contributed by atoms with van der Waals surface area (Å²) in [6.45, 7) is 7.57. The minimum Gasteiger partial charge on any atom is -0.480 e. The number of hydrogen-bond donors (Lipinski definition) is 2. The molecule has 0 fully saturated rings. The highest BCUT2D eigenvalue weighted by Crippen LogP contribution is 2.16. The number of carboxylic acid groups (broad SMARTS) is 1. The molecule has 1 unspecified atom stereocenters. The molecule has 106 valence electrons. The number of ether oxygens (including phenoxy) is 1. The molecule has 0 saturated heterocycles. The zero-order valence-corrected chi connectivity index (χ0v) is 11.8. The van der Waals surface area contributed by atoms with Crippen LogP contribution in [0.1, 0.15) is 47.0 Å². The quantitative estimate of drug-likeness (QED) is 0.619. The van der Waals surface area contributed by atoms with E-state index in [9.17, 15) is 9.59 Å². The van der Waals surface area contributed by atoms with Gasteiger partial charge in [-0.25, -0.2) is 4.79 Å². The lowest BCUT2D eigenvalue weighted by Gasteiger charge is -2.30. The third-order valence-corrected chi connectivity index (χ3v) is 3.12. The van der Waals surface area contributed by atoms with Crippen molar-refractivity contribution in [2.24, 2.45) is 5.92 Å². The molecule has 2 N–H and O–H groups in total. The van der Waals surface area contributed by atoms with E-state index in [2.05, 4.69) is 12.2 Å². The molecule has 0 spiro atoms. The van der Waals surface area contributed by atoms with E-state index in [1.807, 2.05) is 0 Å². The molecule has 0 aliphatic heterocycles. The second kappa shape index (κ2) is 8.08. The molecule has 0 aliphatic rings. The van der Waals surface area contributed by atoms with E-state index >= 15 is 0 Å². The van der Waals surface area contributed by atoms with Gasteiger partial charge in [0.1, 0.15) is 12.1 Å². The molecule has 0 aromatic carbocycles. The Morgan fingerprint density at radius 3 is 2.39 bits per heavy atom. The fourth-order valence-corrected chi connectivity index (χ4v) is 1.39. The van der Waals surface area contributed by atoms with Gasteiger partial charge in [-0.3, -0.25) is 4.79 Å². The Labute approximate surface area is 109 Å². The number of carbonyl (C=O) groups is 2. The van der Waals surface area contributed by atoms with Crippen molar-refractivity contribution in [2.75, 3.05) is 13.2 Å². The third-order valence-electron chi connectivity index (χ3n) is 3.12. The van der Waals surface area contributed by atoms with Crippen LogP contribution in [0.3, 0.4) is 0 Å². The van der Waals surface area contributed by atoms with E-state index in [-0.39, 0.29) is 18.4 Å². The number of aliphatic carboxylic acids is 1. The summed E-state index contributed by atoms with van der Waals surface area (Å²) in [4.78, 5) is 22.8. The molecule has 1 amide bonds. The van der Waals surface area contributed by atoms with Crippen LogP contribution in [0, 0.1) is 5.92 Å². The van der Waals surface area contributed by atoms with Crippen molar-refractivity contribution in [1.82, 2.24) is 5.32 Å². The van der Waals surface area contributed by atoms with Gasteiger partial charge in [0.25, 0.3) is 0 Å². The van der Waals surface area contributed by atoms with Crippen LogP contribution in [0.2, 0.25) is 0 Å². The van der Waals surface area contributed by atoms with Gasteiger partial charge in [0.2, 0.25) is 5.91 Å². The van der Waals surface area contributed by atoms with Gasteiger partial charge < -0.3 is 15.2 Å². The van der Waals surface area contributed by atoms with E-state index < -0.39 is 11.5 Å². The van der Waals surface area contributed by atoms with E-state index in [0.717, 1.165) is 19.3 Å². The molecule has 0 rings (SSSR count). The van der Waals surface area contributed by atoms with Gasteiger partial charge >= 0.3 is 5.97 Å². The van der Waals surface area contributed by atoms with E-state index in [4.69, 9.17) is 9.84 Å². The SMILES string of the molecule is CCCCCOCC(=O)NC(C)(C(=O)O)C(C)C. The van der Waals surface area contributed by atoms with Gasteiger partial charge in [-0.15, -0.1) is 0 Å². The van der Waals surface area contributed by atoms with Gasteiger partial charge in [-0.1, -0.05) is 33.6 Å². The third kappa shape index (κ3) is 5.49. The van der Waals surface area contributed by atoms with Crippen molar-refractivity contribution in [3.63, 3.8) is 0 Å². The molecule has 0 heterocycles. The summed E-state index contributed by atoms with van der Waals surface area (Å²) in [5.74, 6) is -1.61. The van der Waals surface area contributed by atoms with Crippen molar-refractivity contribution in [1.29, 1.82) is 0 Å². The number of unbranched alkanes of at least 4 members (excludes halogenated alkanes) is 2. The fourth-order valence-electron chi connectivity index (χ4n) is 1.39. The van der Waals surface area contributed by atoms with E-state index in [1.165, 1.54) is 6.92 Å². The second-order valence-electron chi connectivity index (χ2n) is 4.97. The zero-order valence-electron chi connectivity index (χ0n) is 11.8. The molecule has 0 saturated carbocycles. The summed E-state index contributed by atoms with van der Waals surface area (Å²) < 4.78 is 5.20. The summed E-state index contributed by atoms with van der Waals surface area (Å²) in [6.07, 6.45) is 3.09. The lowest BCUT2D eigenvalue weighted by Crippen LogP contribution is -2.56. The molecular weight excluding hydrogens is 234 g/mol. The van der Waals surface area contributed by atoms with Crippen molar-refractivity contribution in [3.05, 3.63) is 0 Å². The topological polar surface area (TPSA) is 75.6 Å². The lowest BCUT2D eigenvalue weighted by molar-refractivity contribution is -0.149. The van der Waals surface area contributed by atoms with Crippen LogP contribution in [0.5, 0.6) is 0 Å². The molecule has 0 aromatic heterocycles. The molecule has 0 bridgehead atoms. The fraction of sp³-hybridized carbons (Fsp3) is 0.846. The van der Waals surface area contributed by atoms with Gasteiger partial charge in [0.15, 0.2) is 0 Å². The summed E-state index contributed by atoms with van der Waals surface area (Å²) >= 11 is 0. The molecule has 0 aromatic rings. The minimum atomic E-state index is -1.25. The van der Waals surface area contributed by atoms with Gasteiger partial charge in [-0.2, -0.15) is 0 Å². The van der Waals surface area contributed by atoms with E-state index in [0.29, 0.717) is 6.61 Å². The highest BCUT2D eigenvalue weighted by Gasteiger charge is 2.37. The molecule has 0 radical (unpaired) electrons. The van der Waals surface area contributed by atoms with Crippen LogP contribution in [0.25, 0.3) is 0 Å². The molecule has 0 aliphatic carbocycles. The number of carbonyl (C=O) groups excluding carboxylic acids is 1. The highest BCUT2D eigenvalue weighted by atomic mass is 16.5. The van der Waals surface area contributed by atoms with Crippen LogP contribution in [0.4, 0.5) is 0 Å². The Kier molecular flexibility index (Phi) is 7.59. The molecule has 18 heavy (non-hydrogen) atoms. The van der Waals surface area contributed by atoms with Gasteiger partial charge in [0, 0.05) is 6.61 Å². The summed E-state index contributed by atoms with van der Waals surface area (Å²) in [5.41, 5.74) is -1.25. The number of hydrogen-bond acceptors (Lipinski definition) is 3. The second-order valence-corrected chi connectivity index (χ2v) is 4.97. The largest absolute Gasteiger partial charge is 0.480 e. The predicted molar refractivity (Wildman–Crippen MR) is 69.4 cm³/mol. The standard InChI is InChI=1S/C13H25NO4/c1-5-6-7-8-18-9-11(15)14-13(4,10(2)3)12(16)17/h10H,5-9H2,1-4H3,(H,14,15)(H,16,17). The summed E-state index contributed by atoms with van der Waals surface area (Å²) in [6, 6.07) is 0. The average Bonchev–Trinajstić information content (AvgIpc) is 2.28. The van der Waals surface area contributed by atoms with Crippen LogP contribution in [0.15, 0.2) is 0 Å². The Morgan fingerprint density at radius 1 is 1.33 bits per heavy atom. The van der Waals surface area contributed by atoms with Gasteiger partial charge in [0.05, 0.1) is 0 Å². The van der Waals surface area contributed by atoms with Crippen molar-refractivity contribution >= 4 is 11.9 Å². The van der Waals surface area contributed by atoms with Crippen molar-refractivity contribution in [3.8, 4) is 0 Å². The molecule has 1 atom stereocenters. The molecule has 5 heteroatoms. The smallest absolute Gasteiger partial charge is 0.329 e. The first-order chi connectivity index (χ1) is 8.34. The lowest BCUT2D eigenvalue weighted by atomic mass is 9.88. The maximum Gasteiger partial charge on any atom is 0.329 e. The van der Waals surface area contributed by atoms with Gasteiger partial charge in [-0.05, 0) is 19.3 Å². The normalized spacial score (nSPS) is 14.3. The monoisotopic (exact) mass is 259 g/mol. The van der Waals surface area contributed by atoms with Crippen molar-refractivity contribution < 1.29 is 19.4 Å².